The Kier molecular flexibility index (Phi) is 3.71. The molecule has 3 aromatic rings. The monoisotopic (exact) mass is 335 g/mol. The van der Waals surface area contributed by atoms with Gasteiger partial charge < -0.3 is 0 Å². The van der Waals surface area contributed by atoms with Crippen molar-refractivity contribution < 1.29 is 13.2 Å². The van der Waals surface area contributed by atoms with Crippen molar-refractivity contribution in [1.82, 2.24) is 14.5 Å². The molecular formula is C14H13N3O3S2. The molecule has 0 aliphatic carbocycles. The van der Waals surface area contributed by atoms with Gasteiger partial charge in [-0.2, -0.15) is 5.10 Å². The number of carbonyl (C=O) groups is 1. The normalized spacial score (nSPS) is 11.7. The van der Waals surface area contributed by atoms with Crippen LogP contribution in [0.5, 0.6) is 0 Å². The van der Waals surface area contributed by atoms with E-state index in [1.54, 1.807) is 29.5 Å². The van der Waals surface area contributed by atoms with E-state index in [2.05, 4.69) is 9.82 Å². The molecule has 8 heteroatoms. The summed E-state index contributed by atoms with van der Waals surface area (Å²) in [5.41, 5.74) is 0.303. The number of nitrogens with one attached hydrogen (secondary N) is 1. The molecule has 0 unspecified atom stereocenters. The van der Waals surface area contributed by atoms with Crippen molar-refractivity contribution in [3.8, 4) is 0 Å². The summed E-state index contributed by atoms with van der Waals surface area (Å²) in [6.45, 7) is 2.40. The van der Waals surface area contributed by atoms with Crippen LogP contribution < -0.4 is 4.72 Å². The second-order valence-electron chi connectivity index (χ2n) is 4.64. The molecule has 0 aliphatic heterocycles. The van der Waals surface area contributed by atoms with E-state index in [1.807, 2.05) is 18.4 Å². The summed E-state index contributed by atoms with van der Waals surface area (Å²) in [6.07, 6.45) is 2.61. The zero-order valence-electron chi connectivity index (χ0n) is 11.7. The van der Waals surface area contributed by atoms with Crippen LogP contribution in [0, 0.1) is 0 Å². The van der Waals surface area contributed by atoms with Gasteiger partial charge >= 0.3 is 0 Å². The van der Waals surface area contributed by atoms with Crippen molar-refractivity contribution >= 4 is 37.4 Å². The lowest BCUT2D eigenvalue weighted by Gasteiger charge is -2.05. The fourth-order valence-corrected chi connectivity index (χ4v) is 3.70. The minimum Gasteiger partial charge on any atom is -0.272 e. The van der Waals surface area contributed by atoms with E-state index >= 15 is 0 Å². The Morgan fingerprint density at radius 1 is 1.36 bits per heavy atom. The third kappa shape index (κ3) is 2.75. The molecule has 2 aromatic heterocycles. The van der Waals surface area contributed by atoms with Crippen molar-refractivity contribution in [2.75, 3.05) is 0 Å². The third-order valence-electron chi connectivity index (χ3n) is 3.19. The van der Waals surface area contributed by atoms with E-state index in [4.69, 9.17) is 0 Å². The largest absolute Gasteiger partial charge is 0.272 e. The molecule has 0 spiro atoms. The maximum absolute atomic E-state index is 12.2. The maximum atomic E-state index is 12.2. The highest BCUT2D eigenvalue weighted by Gasteiger charge is 2.20. The molecule has 0 radical (unpaired) electrons. The Hall–Kier alpha value is -2.19. The standard InChI is InChI=1S/C14H13N3O3S2/c1-2-17-9-12(8-15-17)22(19,20)16-14(18)11-3-4-13-10(7-11)5-6-21-13/h3-9H,2H2,1H3,(H,16,18). The Bertz CT molecular complexity index is 941. The summed E-state index contributed by atoms with van der Waals surface area (Å²) in [6, 6.07) is 6.97. The fourth-order valence-electron chi connectivity index (χ4n) is 2.00. The highest BCUT2D eigenvalue weighted by atomic mass is 32.2. The SMILES string of the molecule is CCn1cc(S(=O)(=O)NC(=O)c2ccc3sccc3c2)cn1. The molecule has 0 fully saturated rings. The first kappa shape index (κ1) is 14.7. The van der Waals surface area contributed by atoms with Gasteiger partial charge in [0, 0.05) is 23.0 Å². The molecule has 114 valence electrons. The van der Waals surface area contributed by atoms with Crippen molar-refractivity contribution in [1.29, 1.82) is 0 Å². The number of sulfonamides is 1. The summed E-state index contributed by atoms with van der Waals surface area (Å²) < 4.78 is 28.9. The Labute approximate surface area is 131 Å². The van der Waals surface area contributed by atoms with Gasteiger partial charge in [0.15, 0.2) is 0 Å². The summed E-state index contributed by atoms with van der Waals surface area (Å²) in [7, 11) is -3.92. The topological polar surface area (TPSA) is 81.1 Å². The Balaban J connectivity index is 1.86. The number of thiophene rings is 1. The van der Waals surface area contributed by atoms with Gasteiger partial charge in [-0.05, 0) is 42.0 Å². The number of benzene rings is 1. The van der Waals surface area contributed by atoms with Gasteiger partial charge in [-0.1, -0.05) is 0 Å². The lowest BCUT2D eigenvalue weighted by atomic mass is 10.1. The summed E-state index contributed by atoms with van der Waals surface area (Å²) in [4.78, 5) is 12.1. The minimum absolute atomic E-state index is 0.0284. The third-order valence-corrected chi connectivity index (χ3v) is 5.37. The van der Waals surface area contributed by atoms with Crippen LogP contribution in [0.2, 0.25) is 0 Å². The van der Waals surface area contributed by atoms with Gasteiger partial charge in [-0.25, -0.2) is 13.1 Å². The number of hydrogen-bond donors (Lipinski definition) is 1. The summed E-state index contributed by atoms with van der Waals surface area (Å²) >= 11 is 1.56. The predicted molar refractivity (Wildman–Crippen MR) is 84.4 cm³/mol. The van der Waals surface area contributed by atoms with Crippen LogP contribution in [0.1, 0.15) is 17.3 Å². The number of carbonyl (C=O) groups excluding carboxylic acids is 1. The van der Waals surface area contributed by atoms with Crippen molar-refractivity contribution in [3.63, 3.8) is 0 Å². The molecule has 0 aliphatic rings. The number of hydrogen-bond acceptors (Lipinski definition) is 5. The van der Waals surface area contributed by atoms with E-state index < -0.39 is 15.9 Å². The Morgan fingerprint density at radius 3 is 2.91 bits per heavy atom. The minimum atomic E-state index is -3.92. The van der Waals surface area contributed by atoms with Gasteiger partial charge in [0.05, 0.1) is 6.20 Å². The highest BCUT2D eigenvalue weighted by Crippen LogP contribution is 2.22. The molecule has 22 heavy (non-hydrogen) atoms. The van der Waals surface area contributed by atoms with Crippen LogP contribution in [0.3, 0.4) is 0 Å². The van der Waals surface area contributed by atoms with Crippen molar-refractivity contribution in [3.05, 3.63) is 47.6 Å². The zero-order chi connectivity index (χ0) is 15.7. The molecule has 0 bridgehead atoms. The molecule has 0 saturated heterocycles. The van der Waals surface area contributed by atoms with Gasteiger partial charge in [0.25, 0.3) is 15.9 Å². The first-order valence-corrected chi connectivity index (χ1v) is 8.93. The fraction of sp³-hybridized carbons (Fsp3) is 0.143. The molecule has 6 nitrogen and oxygen atoms in total. The van der Waals surface area contributed by atoms with Crippen LogP contribution in [-0.2, 0) is 16.6 Å². The smallest absolute Gasteiger partial charge is 0.267 e. The average molecular weight is 335 g/mol. The zero-order valence-corrected chi connectivity index (χ0v) is 13.3. The van der Waals surface area contributed by atoms with Crippen LogP contribution in [0.15, 0.2) is 46.9 Å². The maximum Gasteiger partial charge on any atom is 0.267 e. The van der Waals surface area contributed by atoms with E-state index in [-0.39, 0.29) is 4.90 Å². The van der Waals surface area contributed by atoms with Gasteiger partial charge in [-0.15, -0.1) is 11.3 Å². The summed E-state index contributed by atoms with van der Waals surface area (Å²) in [5, 5.41) is 6.73. The van der Waals surface area contributed by atoms with Crippen LogP contribution in [-0.4, -0.2) is 24.1 Å². The second-order valence-corrected chi connectivity index (χ2v) is 7.27. The molecular weight excluding hydrogens is 322 g/mol. The number of fused-ring (bicyclic) bond motifs is 1. The molecule has 2 heterocycles. The van der Waals surface area contributed by atoms with Crippen molar-refractivity contribution in [2.45, 2.75) is 18.4 Å². The number of rotatable bonds is 4. The lowest BCUT2D eigenvalue weighted by molar-refractivity contribution is 0.0981. The van der Waals surface area contributed by atoms with E-state index in [0.717, 1.165) is 10.1 Å². The van der Waals surface area contributed by atoms with Gasteiger partial charge in [-0.3, -0.25) is 9.48 Å². The first-order valence-electron chi connectivity index (χ1n) is 6.56. The van der Waals surface area contributed by atoms with E-state index in [9.17, 15) is 13.2 Å². The van der Waals surface area contributed by atoms with Crippen molar-refractivity contribution in [2.24, 2.45) is 0 Å². The number of aryl methyl sites for hydroxylation is 1. The lowest BCUT2D eigenvalue weighted by Crippen LogP contribution is -2.30. The van der Waals surface area contributed by atoms with Gasteiger partial charge in [0.2, 0.25) is 0 Å². The van der Waals surface area contributed by atoms with Crippen LogP contribution in [0.25, 0.3) is 10.1 Å². The Morgan fingerprint density at radius 2 is 2.18 bits per heavy atom. The number of aromatic nitrogens is 2. The average Bonchev–Trinajstić information content (AvgIpc) is 3.15. The van der Waals surface area contributed by atoms with E-state index in [1.165, 1.54) is 17.1 Å². The first-order chi connectivity index (χ1) is 10.5. The van der Waals surface area contributed by atoms with Crippen LogP contribution >= 0.6 is 11.3 Å². The second kappa shape index (κ2) is 5.54. The number of amides is 1. The predicted octanol–water partition coefficient (Wildman–Crippen LogP) is 2.24. The van der Waals surface area contributed by atoms with Gasteiger partial charge in [0.1, 0.15) is 4.90 Å². The molecule has 1 amide bonds. The number of nitrogens with zero attached hydrogens (tertiary/aromatic N) is 2. The van der Waals surface area contributed by atoms with Crippen LogP contribution in [0.4, 0.5) is 0 Å². The van der Waals surface area contributed by atoms with E-state index in [0.29, 0.717) is 12.1 Å². The molecule has 3 rings (SSSR count). The molecule has 0 atom stereocenters. The highest BCUT2D eigenvalue weighted by molar-refractivity contribution is 7.90. The quantitative estimate of drug-likeness (QED) is 0.793. The molecule has 1 aromatic carbocycles. The molecule has 0 saturated carbocycles. The molecule has 1 N–H and O–H groups in total. The summed E-state index contributed by atoms with van der Waals surface area (Å²) in [5.74, 6) is -0.655.